The molecular weight excluding hydrogens is 346 g/mol. The molecule has 1 unspecified atom stereocenters. The first kappa shape index (κ1) is 17.9. The van der Waals surface area contributed by atoms with Crippen molar-refractivity contribution in [1.82, 2.24) is 15.6 Å². The maximum atomic E-state index is 12.6. The average Bonchev–Trinajstić information content (AvgIpc) is 2.66. The van der Waals surface area contributed by atoms with E-state index in [-0.39, 0.29) is 5.91 Å². The third-order valence-electron chi connectivity index (χ3n) is 3.94. The van der Waals surface area contributed by atoms with Crippen LogP contribution in [0.2, 0.25) is 0 Å². The summed E-state index contributed by atoms with van der Waals surface area (Å²) in [6, 6.07) is 18.7. The highest BCUT2D eigenvalue weighted by Gasteiger charge is 2.24. The summed E-state index contributed by atoms with van der Waals surface area (Å²) in [5.41, 5.74) is 2.79. The Labute approximate surface area is 156 Å². The van der Waals surface area contributed by atoms with Crippen molar-refractivity contribution in [1.29, 1.82) is 0 Å². The fourth-order valence-electron chi connectivity index (χ4n) is 2.64. The summed E-state index contributed by atoms with van der Waals surface area (Å²) in [7, 11) is 1.47. The van der Waals surface area contributed by atoms with Gasteiger partial charge in [-0.2, -0.15) is 0 Å². The molecule has 0 saturated heterocycles. The highest BCUT2D eigenvalue weighted by molar-refractivity contribution is 8.00. The van der Waals surface area contributed by atoms with Crippen LogP contribution in [0, 0.1) is 6.92 Å². The number of para-hydroxylation sites is 1. The van der Waals surface area contributed by atoms with Crippen molar-refractivity contribution in [2.75, 3.05) is 7.05 Å². The van der Waals surface area contributed by atoms with Crippen LogP contribution in [0.25, 0.3) is 10.9 Å². The van der Waals surface area contributed by atoms with Gasteiger partial charge < -0.3 is 5.32 Å². The number of nitrogens with zero attached hydrogens (tertiary/aromatic N) is 1. The van der Waals surface area contributed by atoms with Crippen molar-refractivity contribution < 1.29 is 9.59 Å². The summed E-state index contributed by atoms with van der Waals surface area (Å²) < 4.78 is 0. The fraction of sp³-hybridized carbons (Fsp3) is 0.150. The van der Waals surface area contributed by atoms with Gasteiger partial charge in [0.15, 0.2) is 0 Å². The van der Waals surface area contributed by atoms with E-state index in [2.05, 4.69) is 15.6 Å². The first-order chi connectivity index (χ1) is 12.6. The van der Waals surface area contributed by atoms with Crippen molar-refractivity contribution in [3.05, 3.63) is 71.8 Å². The number of fused-ring (bicyclic) bond motifs is 1. The number of carbonyl (C=O) groups excluding carboxylic acids is 2. The van der Waals surface area contributed by atoms with Crippen LogP contribution >= 0.6 is 11.8 Å². The standard InChI is InChI=1S/C20H19N3O2S/c1-13-12-17(22-16-11-7-6-10-15(13)16)26-18(14-8-4-3-5-9-14)19(24)23-20(25)21-2/h3-12,18H,1-2H3,(H2,21,23,24,25). The zero-order valence-corrected chi connectivity index (χ0v) is 15.3. The maximum Gasteiger partial charge on any atom is 0.321 e. The molecule has 2 aromatic carbocycles. The van der Waals surface area contributed by atoms with E-state index in [1.807, 2.05) is 67.6 Å². The van der Waals surface area contributed by atoms with E-state index in [1.165, 1.54) is 18.8 Å². The van der Waals surface area contributed by atoms with Crippen molar-refractivity contribution in [3.8, 4) is 0 Å². The van der Waals surface area contributed by atoms with Crippen LogP contribution in [0.15, 0.2) is 65.7 Å². The monoisotopic (exact) mass is 365 g/mol. The number of amides is 3. The van der Waals surface area contributed by atoms with Crippen molar-refractivity contribution in [2.24, 2.45) is 0 Å². The van der Waals surface area contributed by atoms with Gasteiger partial charge in [0.25, 0.3) is 0 Å². The Kier molecular flexibility index (Phi) is 5.53. The molecule has 1 heterocycles. The highest BCUT2D eigenvalue weighted by Crippen LogP contribution is 2.36. The van der Waals surface area contributed by atoms with E-state index in [1.54, 1.807) is 0 Å². The molecule has 1 atom stereocenters. The Morgan fingerprint density at radius 3 is 2.46 bits per heavy atom. The number of aromatic nitrogens is 1. The van der Waals surface area contributed by atoms with Crippen molar-refractivity contribution in [3.63, 3.8) is 0 Å². The number of thioether (sulfide) groups is 1. The molecule has 6 heteroatoms. The lowest BCUT2D eigenvalue weighted by molar-refractivity contribution is -0.119. The molecule has 3 rings (SSSR count). The predicted molar refractivity (Wildman–Crippen MR) is 104 cm³/mol. The molecule has 26 heavy (non-hydrogen) atoms. The minimum absolute atomic E-state index is 0.381. The van der Waals surface area contributed by atoms with Crippen LogP contribution in [0.3, 0.4) is 0 Å². The molecule has 0 saturated carbocycles. The van der Waals surface area contributed by atoms with E-state index in [4.69, 9.17) is 0 Å². The quantitative estimate of drug-likeness (QED) is 0.689. The number of benzene rings is 2. The Bertz CT molecular complexity index is 944. The minimum atomic E-state index is -0.582. The zero-order valence-electron chi connectivity index (χ0n) is 14.5. The molecule has 3 aromatic rings. The largest absolute Gasteiger partial charge is 0.341 e. The van der Waals surface area contributed by atoms with Crippen LogP contribution in [0.1, 0.15) is 16.4 Å². The number of carbonyl (C=O) groups is 2. The van der Waals surface area contributed by atoms with E-state index < -0.39 is 11.3 Å². The van der Waals surface area contributed by atoms with Crippen LogP contribution in [-0.2, 0) is 4.79 Å². The SMILES string of the molecule is CNC(=O)NC(=O)C(Sc1cc(C)c2ccccc2n1)c1ccccc1. The Balaban J connectivity index is 1.95. The van der Waals surface area contributed by atoms with Crippen LogP contribution < -0.4 is 10.6 Å². The highest BCUT2D eigenvalue weighted by atomic mass is 32.2. The van der Waals surface area contributed by atoms with Gasteiger partial charge in [-0.15, -0.1) is 0 Å². The van der Waals surface area contributed by atoms with Gasteiger partial charge in [0.1, 0.15) is 5.25 Å². The molecule has 0 aliphatic heterocycles. The van der Waals surface area contributed by atoms with Gasteiger partial charge in [-0.25, -0.2) is 9.78 Å². The predicted octanol–water partition coefficient (Wildman–Crippen LogP) is 3.83. The summed E-state index contributed by atoms with van der Waals surface area (Å²) in [6.45, 7) is 2.02. The van der Waals surface area contributed by atoms with Crippen molar-refractivity contribution >= 4 is 34.6 Å². The lowest BCUT2D eigenvalue weighted by Gasteiger charge is -2.16. The van der Waals surface area contributed by atoms with Crippen LogP contribution in [0.5, 0.6) is 0 Å². The van der Waals surface area contributed by atoms with Gasteiger partial charge in [0, 0.05) is 12.4 Å². The molecule has 0 spiro atoms. The topological polar surface area (TPSA) is 71.1 Å². The number of nitrogens with one attached hydrogen (secondary N) is 2. The average molecular weight is 365 g/mol. The van der Waals surface area contributed by atoms with Crippen LogP contribution in [0.4, 0.5) is 4.79 Å². The van der Waals surface area contributed by atoms with E-state index in [9.17, 15) is 9.59 Å². The summed E-state index contributed by atoms with van der Waals surface area (Å²) >= 11 is 1.33. The molecule has 0 aliphatic carbocycles. The van der Waals surface area contributed by atoms with Gasteiger partial charge in [0.05, 0.1) is 10.5 Å². The summed E-state index contributed by atoms with van der Waals surface area (Å²) in [6.07, 6.45) is 0. The number of aryl methyl sites for hydroxylation is 1. The van der Waals surface area contributed by atoms with Gasteiger partial charge in [-0.05, 0) is 30.2 Å². The zero-order chi connectivity index (χ0) is 18.5. The summed E-state index contributed by atoms with van der Waals surface area (Å²) in [5.74, 6) is -0.381. The number of urea groups is 1. The molecule has 3 amide bonds. The fourth-order valence-corrected chi connectivity index (χ4v) is 3.74. The minimum Gasteiger partial charge on any atom is -0.341 e. The molecular formula is C20H19N3O2S. The molecule has 2 N–H and O–H groups in total. The Morgan fingerprint density at radius 1 is 1.04 bits per heavy atom. The van der Waals surface area contributed by atoms with E-state index >= 15 is 0 Å². The van der Waals surface area contributed by atoms with E-state index in [0.29, 0.717) is 0 Å². The normalized spacial score (nSPS) is 11.8. The van der Waals surface area contributed by atoms with Crippen molar-refractivity contribution in [2.45, 2.75) is 17.2 Å². The molecule has 0 radical (unpaired) electrons. The molecule has 0 bridgehead atoms. The smallest absolute Gasteiger partial charge is 0.321 e. The summed E-state index contributed by atoms with van der Waals surface area (Å²) in [5, 5.41) is 6.01. The number of rotatable bonds is 4. The third-order valence-corrected chi connectivity index (χ3v) is 5.11. The lowest BCUT2D eigenvalue weighted by atomic mass is 10.1. The molecule has 0 aliphatic rings. The molecule has 5 nitrogen and oxygen atoms in total. The van der Waals surface area contributed by atoms with E-state index in [0.717, 1.165) is 27.1 Å². The second-order valence-electron chi connectivity index (χ2n) is 5.77. The van der Waals surface area contributed by atoms with Gasteiger partial charge in [-0.1, -0.05) is 60.3 Å². The first-order valence-electron chi connectivity index (χ1n) is 8.19. The molecule has 1 aromatic heterocycles. The number of hydrogen-bond acceptors (Lipinski definition) is 4. The summed E-state index contributed by atoms with van der Waals surface area (Å²) in [4.78, 5) is 28.9. The lowest BCUT2D eigenvalue weighted by Crippen LogP contribution is -2.39. The third kappa shape index (κ3) is 4.03. The van der Waals surface area contributed by atoms with Gasteiger partial charge >= 0.3 is 6.03 Å². The van der Waals surface area contributed by atoms with Gasteiger partial charge in [-0.3, -0.25) is 10.1 Å². The second kappa shape index (κ2) is 8.01. The molecule has 132 valence electrons. The molecule has 0 fully saturated rings. The van der Waals surface area contributed by atoms with Gasteiger partial charge in [0.2, 0.25) is 5.91 Å². The Hall–Kier alpha value is -2.86. The second-order valence-corrected chi connectivity index (χ2v) is 6.90. The maximum absolute atomic E-state index is 12.6. The number of imide groups is 1. The first-order valence-corrected chi connectivity index (χ1v) is 9.07. The number of hydrogen-bond donors (Lipinski definition) is 2. The Morgan fingerprint density at radius 2 is 1.73 bits per heavy atom. The van der Waals surface area contributed by atoms with Crippen LogP contribution in [-0.4, -0.2) is 24.0 Å². The number of pyridine rings is 1.